The maximum Gasteiger partial charge on any atom is 0.320 e. The number of amides is 2. The van der Waals surface area contributed by atoms with Crippen LogP contribution in [-0.4, -0.2) is 28.6 Å². The first-order valence-electron chi connectivity index (χ1n) is 9.32. The standard InChI is InChI=1S/C21H16F2N4O3/c22-14-2-3-15(23)20-18(14)17-13(10-29-20)19(17)27-21(28)26-16-4-1-12(9-25-16)30-11-5-7-24-8-6-11/h1-9,13,17,19H,10H2,(H2,25,26,27,28)/t13-,17-,19?/m0/s1. The summed E-state index contributed by atoms with van der Waals surface area (Å²) in [5, 5.41) is 5.42. The number of benzene rings is 1. The number of ether oxygens (including phenoxy) is 2. The molecule has 0 bridgehead atoms. The van der Waals surface area contributed by atoms with Gasteiger partial charge in [-0.05, 0) is 36.4 Å². The van der Waals surface area contributed by atoms with Gasteiger partial charge in [-0.1, -0.05) is 0 Å². The Labute approximate surface area is 170 Å². The molecule has 1 fully saturated rings. The van der Waals surface area contributed by atoms with E-state index in [1.165, 1.54) is 6.20 Å². The predicted molar refractivity (Wildman–Crippen MR) is 103 cm³/mol. The molecule has 1 aliphatic heterocycles. The quantitative estimate of drug-likeness (QED) is 0.683. The molecule has 9 heteroatoms. The Morgan fingerprint density at radius 1 is 1.07 bits per heavy atom. The predicted octanol–water partition coefficient (Wildman–Crippen LogP) is 3.84. The first kappa shape index (κ1) is 18.3. The molecule has 7 nitrogen and oxygen atoms in total. The van der Waals surface area contributed by atoms with Crippen molar-refractivity contribution in [2.24, 2.45) is 5.92 Å². The van der Waals surface area contributed by atoms with Gasteiger partial charge in [0.25, 0.3) is 0 Å². The van der Waals surface area contributed by atoms with Gasteiger partial charge in [0.05, 0.1) is 12.8 Å². The Bertz CT molecular complexity index is 1100. The molecule has 3 heterocycles. The van der Waals surface area contributed by atoms with Gasteiger partial charge in [-0.25, -0.2) is 18.6 Å². The van der Waals surface area contributed by atoms with Crippen molar-refractivity contribution < 1.29 is 23.0 Å². The van der Waals surface area contributed by atoms with Crippen molar-refractivity contribution in [2.45, 2.75) is 12.0 Å². The molecule has 1 saturated carbocycles. The number of urea groups is 1. The summed E-state index contributed by atoms with van der Waals surface area (Å²) >= 11 is 0. The summed E-state index contributed by atoms with van der Waals surface area (Å²) in [6, 6.07) is 8.00. The third kappa shape index (κ3) is 3.38. The summed E-state index contributed by atoms with van der Waals surface area (Å²) in [6.07, 6.45) is 4.71. The number of hydrogen-bond acceptors (Lipinski definition) is 5. The largest absolute Gasteiger partial charge is 0.490 e. The van der Waals surface area contributed by atoms with E-state index in [1.54, 1.807) is 36.7 Å². The average Bonchev–Trinajstić information content (AvgIpc) is 3.45. The molecule has 30 heavy (non-hydrogen) atoms. The van der Waals surface area contributed by atoms with Crippen molar-refractivity contribution >= 4 is 11.8 Å². The number of pyridine rings is 2. The van der Waals surface area contributed by atoms with Gasteiger partial charge >= 0.3 is 6.03 Å². The second kappa shape index (κ2) is 7.25. The monoisotopic (exact) mass is 410 g/mol. The third-order valence-corrected chi connectivity index (χ3v) is 5.18. The van der Waals surface area contributed by atoms with Gasteiger partial charge in [-0.3, -0.25) is 10.3 Å². The lowest BCUT2D eigenvalue weighted by molar-refractivity contribution is 0.247. The molecule has 152 valence electrons. The van der Waals surface area contributed by atoms with Gasteiger partial charge < -0.3 is 14.8 Å². The number of fused-ring (bicyclic) bond motifs is 3. The molecule has 0 radical (unpaired) electrons. The van der Waals surface area contributed by atoms with Gasteiger partial charge in [0.1, 0.15) is 23.1 Å². The topological polar surface area (TPSA) is 85.4 Å². The minimum atomic E-state index is -0.599. The van der Waals surface area contributed by atoms with Crippen molar-refractivity contribution in [3.63, 3.8) is 0 Å². The Kier molecular flexibility index (Phi) is 4.42. The van der Waals surface area contributed by atoms with E-state index in [0.29, 0.717) is 17.3 Å². The highest BCUT2D eigenvalue weighted by atomic mass is 19.1. The van der Waals surface area contributed by atoms with E-state index >= 15 is 0 Å². The summed E-state index contributed by atoms with van der Waals surface area (Å²) in [7, 11) is 0. The van der Waals surface area contributed by atoms with E-state index in [4.69, 9.17) is 9.47 Å². The van der Waals surface area contributed by atoms with Crippen molar-refractivity contribution in [3.8, 4) is 17.2 Å². The summed E-state index contributed by atoms with van der Waals surface area (Å²) in [5.74, 6) is -0.141. The lowest BCUT2D eigenvalue weighted by Crippen LogP contribution is -2.32. The molecule has 1 unspecified atom stereocenters. The molecule has 5 rings (SSSR count). The summed E-state index contributed by atoms with van der Waals surface area (Å²) in [6.45, 7) is 0.224. The van der Waals surface area contributed by atoms with Crippen LogP contribution in [0, 0.1) is 17.6 Å². The minimum absolute atomic E-state index is 0.0626. The fourth-order valence-corrected chi connectivity index (χ4v) is 3.72. The van der Waals surface area contributed by atoms with Crippen LogP contribution in [0.25, 0.3) is 0 Å². The van der Waals surface area contributed by atoms with Crippen LogP contribution in [0.5, 0.6) is 17.2 Å². The van der Waals surface area contributed by atoms with Crippen LogP contribution in [-0.2, 0) is 0 Å². The fourth-order valence-electron chi connectivity index (χ4n) is 3.72. The Hall–Kier alpha value is -3.75. The number of carbonyl (C=O) groups is 1. The van der Waals surface area contributed by atoms with Crippen LogP contribution in [0.3, 0.4) is 0 Å². The SMILES string of the molecule is O=C(Nc1ccc(Oc2ccncc2)cn1)NC1[C@H]2COc3c(F)ccc(F)c3[C@@H]12. The highest BCUT2D eigenvalue weighted by Crippen LogP contribution is 2.55. The normalized spacial score (nSPS) is 20.9. The number of anilines is 1. The first-order chi connectivity index (χ1) is 14.6. The molecule has 3 aromatic rings. The number of nitrogens with one attached hydrogen (secondary N) is 2. The number of rotatable bonds is 4. The minimum Gasteiger partial charge on any atom is -0.490 e. The smallest absolute Gasteiger partial charge is 0.320 e. The second-order valence-electron chi connectivity index (χ2n) is 7.06. The second-order valence-corrected chi connectivity index (χ2v) is 7.06. The summed E-state index contributed by atoms with van der Waals surface area (Å²) in [4.78, 5) is 20.4. The molecule has 1 aromatic carbocycles. The maximum absolute atomic E-state index is 14.2. The molecule has 2 N–H and O–H groups in total. The van der Waals surface area contributed by atoms with Crippen LogP contribution < -0.4 is 20.1 Å². The van der Waals surface area contributed by atoms with Crippen LogP contribution in [0.2, 0.25) is 0 Å². The van der Waals surface area contributed by atoms with Gasteiger partial charge in [0.2, 0.25) is 0 Å². The van der Waals surface area contributed by atoms with Crippen molar-refractivity contribution in [1.82, 2.24) is 15.3 Å². The van der Waals surface area contributed by atoms with E-state index in [9.17, 15) is 13.6 Å². The van der Waals surface area contributed by atoms with Crippen LogP contribution in [0.4, 0.5) is 19.4 Å². The van der Waals surface area contributed by atoms with Gasteiger partial charge in [-0.15, -0.1) is 0 Å². The van der Waals surface area contributed by atoms with Crippen molar-refractivity contribution in [2.75, 3.05) is 11.9 Å². The fraction of sp³-hybridized carbons (Fsp3) is 0.190. The molecule has 0 saturated heterocycles. The van der Waals surface area contributed by atoms with E-state index in [0.717, 1.165) is 12.1 Å². The summed E-state index contributed by atoms with van der Waals surface area (Å²) < 4.78 is 39.0. The van der Waals surface area contributed by atoms with E-state index in [1.807, 2.05) is 0 Å². The van der Waals surface area contributed by atoms with E-state index in [-0.39, 0.29) is 35.8 Å². The zero-order chi connectivity index (χ0) is 20.7. The molecule has 0 spiro atoms. The number of hydrogen-bond donors (Lipinski definition) is 2. The Balaban J connectivity index is 1.21. The number of aromatic nitrogens is 2. The maximum atomic E-state index is 14.2. The molecule has 3 atom stereocenters. The Morgan fingerprint density at radius 2 is 1.87 bits per heavy atom. The highest BCUT2D eigenvalue weighted by molar-refractivity contribution is 5.89. The number of carbonyl (C=O) groups excluding carboxylic acids is 1. The van der Waals surface area contributed by atoms with Crippen molar-refractivity contribution in [3.05, 3.63) is 72.2 Å². The lowest BCUT2D eigenvalue weighted by atomic mass is 10.0. The molecule has 2 aromatic heterocycles. The zero-order valence-corrected chi connectivity index (χ0v) is 15.5. The van der Waals surface area contributed by atoms with Crippen LogP contribution >= 0.6 is 0 Å². The highest BCUT2D eigenvalue weighted by Gasteiger charge is 2.57. The number of halogens is 2. The molecular weight excluding hydrogens is 394 g/mol. The van der Waals surface area contributed by atoms with Crippen LogP contribution in [0.1, 0.15) is 11.5 Å². The van der Waals surface area contributed by atoms with E-state index < -0.39 is 17.7 Å². The van der Waals surface area contributed by atoms with Gasteiger partial charge in [-0.2, -0.15) is 0 Å². The first-order valence-corrected chi connectivity index (χ1v) is 9.32. The van der Waals surface area contributed by atoms with Crippen molar-refractivity contribution in [1.29, 1.82) is 0 Å². The summed E-state index contributed by atoms with van der Waals surface area (Å²) in [5.41, 5.74) is 0.187. The molecular formula is C21H16F2N4O3. The molecule has 2 aliphatic rings. The third-order valence-electron chi connectivity index (χ3n) is 5.18. The number of nitrogens with zero attached hydrogens (tertiary/aromatic N) is 2. The average molecular weight is 410 g/mol. The molecule has 1 aliphatic carbocycles. The van der Waals surface area contributed by atoms with Crippen LogP contribution in [0.15, 0.2) is 55.0 Å². The van der Waals surface area contributed by atoms with Gasteiger partial charge in [0, 0.05) is 35.8 Å². The van der Waals surface area contributed by atoms with E-state index in [2.05, 4.69) is 20.6 Å². The van der Waals surface area contributed by atoms with Gasteiger partial charge in [0.15, 0.2) is 11.6 Å². The lowest BCUT2D eigenvalue weighted by Gasteiger charge is -2.16. The molecule has 2 amide bonds. The Morgan fingerprint density at radius 3 is 2.63 bits per heavy atom. The zero-order valence-electron chi connectivity index (χ0n) is 15.5.